The van der Waals surface area contributed by atoms with Gasteiger partial charge in [-0.25, -0.2) is 13.4 Å². The molecule has 1 amide bonds. The maximum Gasteiger partial charge on any atom is 0.255 e. The number of anilines is 1. The van der Waals surface area contributed by atoms with Gasteiger partial charge in [-0.05, 0) is 73.0 Å². The number of nitrogens with zero attached hydrogens (tertiary/aromatic N) is 4. The lowest BCUT2D eigenvalue weighted by Crippen LogP contribution is -2.13. The molecule has 0 unspecified atom stereocenters. The van der Waals surface area contributed by atoms with E-state index in [4.69, 9.17) is 21.1 Å². The van der Waals surface area contributed by atoms with Crippen molar-refractivity contribution in [3.05, 3.63) is 105 Å². The van der Waals surface area contributed by atoms with Crippen molar-refractivity contribution in [1.29, 1.82) is 0 Å². The number of rotatable bonds is 13. The van der Waals surface area contributed by atoms with Crippen LogP contribution in [0.25, 0.3) is 0 Å². The maximum atomic E-state index is 13.3. The predicted octanol–water partition coefficient (Wildman–Crippen LogP) is 6.42. The molecule has 0 atom stereocenters. The van der Waals surface area contributed by atoms with Crippen LogP contribution in [0.3, 0.4) is 0 Å². The average molecular weight is 681 g/mol. The topological polar surface area (TPSA) is 149 Å². The van der Waals surface area contributed by atoms with Crippen molar-refractivity contribution in [2.75, 3.05) is 11.1 Å². The third-order valence-electron chi connectivity index (χ3n) is 6.81. The number of ether oxygens (including phenoxy) is 2. The van der Waals surface area contributed by atoms with Gasteiger partial charge in [0.15, 0.2) is 16.4 Å². The van der Waals surface area contributed by atoms with Crippen molar-refractivity contribution in [3.63, 3.8) is 0 Å². The van der Waals surface area contributed by atoms with Crippen molar-refractivity contribution in [1.82, 2.24) is 25.6 Å². The number of thiazole rings is 1. The number of carbonyl (C=O) groups is 1. The molecule has 11 nitrogen and oxygen atoms in total. The lowest BCUT2D eigenvalue weighted by atomic mass is 9.93. The van der Waals surface area contributed by atoms with Crippen LogP contribution in [-0.2, 0) is 34.9 Å². The van der Waals surface area contributed by atoms with Crippen LogP contribution in [0.4, 0.5) is 5.69 Å². The standard InChI is InChI=1S/C32H33ClN6O5S2/c1-32(2,3)28-20-45-30(35-28)19-44-25-8-4-7-22(16-25)31(40)34-24-14-21(15-26(17-24)43-18-29-36-38-39-37-29)6-5-13-46(41,42)27-11-9-23(33)10-12-27/h4,7-12,14-17,20H,5-6,13,18-19H2,1-3H3,(H,34,40)(H,36,37,38,39). The number of sulfone groups is 1. The highest BCUT2D eigenvalue weighted by Crippen LogP contribution is 2.27. The second-order valence-electron chi connectivity index (χ2n) is 11.5. The van der Waals surface area contributed by atoms with Gasteiger partial charge in [-0.1, -0.05) is 43.7 Å². The molecule has 46 heavy (non-hydrogen) atoms. The highest BCUT2D eigenvalue weighted by molar-refractivity contribution is 7.91. The molecular weight excluding hydrogens is 648 g/mol. The van der Waals surface area contributed by atoms with Crippen LogP contribution in [0.15, 0.2) is 77.0 Å². The number of benzene rings is 3. The van der Waals surface area contributed by atoms with Crippen LogP contribution < -0.4 is 14.8 Å². The van der Waals surface area contributed by atoms with Crippen LogP contribution >= 0.6 is 22.9 Å². The van der Waals surface area contributed by atoms with E-state index in [9.17, 15) is 13.2 Å². The van der Waals surface area contributed by atoms with E-state index in [1.54, 1.807) is 65.9 Å². The minimum atomic E-state index is -3.50. The molecule has 240 valence electrons. The molecule has 0 aliphatic heterocycles. The van der Waals surface area contributed by atoms with E-state index in [0.29, 0.717) is 53.0 Å². The molecule has 2 aromatic heterocycles. The SMILES string of the molecule is CC(C)(C)c1csc(COc2cccc(C(=O)Nc3cc(CCCS(=O)(=O)c4ccc(Cl)cc4)cc(OCc4nn[nH]n4)c3)c2)n1. The van der Waals surface area contributed by atoms with E-state index in [-0.39, 0.29) is 28.6 Å². The van der Waals surface area contributed by atoms with Gasteiger partial charge in [0.2, 0.25) is 5.82 Å². The number of aryl methyl sites for hydroxylation is 1. The second kappa shape index (κ2) is 14.4. The Balaban J connectivity index is 1.26. The molecule has 0 fully saturated rings. The van der Waals surface area contributed by atoms with E-state index >= 15 is 0 Å². The van der Waals surface area contributed by atoms with Crippen molar-refractivity contribution in [2.45, 2.75) is 57.1 Å². The Hall–Kier alpha value is -4.33. The summed E-state index contributed by atoms with van der Waals surface area (Å²) in [4.78, 5) is 18.2. The Morgan fingerprint density at radius 2 is 1.78 bits per heavy atom. The summed E-state index contributed by atoms with van der Waals surface area (Å²) in [7, 11) is -3.50. The molecule has 0 bridgehead atoms. The van der Waals surface area contributed by atoms with Crippen LogP contribution in [0, 0.1) is 0 Å². The molecule has 2 N–H and O–H groups in total. The van der Waals surface area contributed by atoms with E-state index in [2.05, 4.69) is 51.7 Å². The molecule has 0 saturated heterocycles. The molecule has 3 aromatic carbocycles. The van der Waals surface area contributed by atoms with Gasteiger partial charge >= 0.3 is 0 Å². The summed E-state index contributed by atoms with van der Waals surface area (Å²) >= 11 is 7.45. The number of amides is 1. The lowest BCUT2D eigenvalue weighted by molar-refractivity contribution is 0.102. The smallest absolute Gasteiger partial charge is 0.255 e. The zero-order chi connectivity index (χ0) is 32.7. The molecule has 5 rings (SSSR count). The van der Waals surface area contributed by atoms with Crippen LogP contribution in [0.2, 0.25) is 5.02 Å². The van der Waals surface area contributed by atoms with E-state index in [1.807, 2.05) is 5.38 Å². The van der Waals surface area contributed by atoms with Gasteiger partial charge in [0.1, 0.15) is 23.1 Å². The number of H-pyrrole nitrogens is 1. The Morgan fingerprint density at radius 3 is 2.50 bits per heavy atom. The molecule has 0 aliphatic carbocycles. The average Bonchev–Trinajstić information content (AvgIpc) is 3.72. The largest absolute Gasteiger partial charge is 0.486 e. The van der Waals surface area contributed by atoms with E-state index in [1.165, 1.54) is 12.1 Å². The zero-order valence-electron chi connectivity index (χ0n) is 25.5. The minimum Gasteiger partial charge on any atom is -0.486 e. The number of hydrogen-bond donors (Lipinski definition) is 2. The van der Waals surface area contributed by atoms with Crippen LogP contribution in [0.5, 0.6) is 11.5 Å². The van der Waals surface area contributed by atoms with Gasteiger partial charge in [0, 0.05) is 33.1 Å². The molecule has 0 aliphatic rings. The summed E-state index contributed by atoms with van der Waals surface area (Å²) < 4.78 is 37.5. The summed E-state index contributed by atoms with van der Waals surface area (Å²) in [6.45, 7) is 6.68. The Bertz CT molecular complexity index is 1890. The predicted molar refractivity (Wildman–Crippen MR) is 176 cm³/mol. The quantitative estimate of drug-likeness (QED) is 0.144. The number of carbonyl (C=O) groups excluding carboxylic acids is 1. The van der Waals surface area contributed by atoms with Gasteiger partial charge in [0.25, 0.3) is 5.91 Å². The van der Waals surface area contributed by atoms with Crippen LogP contribution in [0.1, 0.15) is 59.6 Å². The highest BCUT2D eigenvalue weighted by Gasteiger charge is 2.18. The molecular formula is C32H33ClN6O5S2. The third kappa shape index (κ3) is 9.12. The van der Waals surface area contributed by atoms with Gasteiger partial charge < -0.3 is 14.8 Å². The number of aromatic amines is 1. The molecule has 5 aromatic rings. The Morgan fingerprint density at radius 1 is 1.00 bits per heavy atom. The third-order valence-corrected chi connectivity index (χ3v) is 9.70. The molecule has 14 heteroatoms. The number of hydrogen-bond acceptors (Lipinski definition) is 10. The normalized spacial score (nSPS) is 11.7. The number of aromatic nitrogens is 5. The minimum absolute atomic E-state index is 0.0445. The van der Waals surface area contributed by atoms with Crippen molar-refractivity contribution in [3.8, 4) is 11.5 Å². The van der Waals surface area contributed by atoms with Gasteiger partial charge in [-0.2, -0.15) is 5.21 Å². The summed E-state index contributed by atoms with van der Waals surface area (Å²) in [5, 5.41) is 20.0. The summed E-state index contributed by atoms with van der Waals surface area (Å²) in [5.41, 5.74) is 2.63. The first kappa shape index (κ1) is 33.0. The lowest BCUT2D eigenvalue weighted by Gasteiger charge is -2.14. The fraction of sp³-hybridized carbons (Fsp3) is 0.281. The highest BCUT2D eigenvalue weighted by atomic mass is 35.5. The second-order valence-corrected chi connectivity index (χ2v) is 15.0. The number of nitrogens with one attached hydrogen (secondary N) is 2. The summed E-state index contributed by atoms with van der Waals surface area (Å²) in [6.07, 6.45) is 0.772. The first-order chi connectivity index (χ1) is 21.9. The Labute approximate surface area is 276 Å². The molecule has 0 saturated carbocycles. The van der Waals surface area contributed by atoms with Crippen molar-refractivity contribution in [2.24, 2.45) is 0 Å². The number of halogens is 1. The molecule has 2 heterocycles. The summed E-state index contributed by atoms with van der Waals surface area (Å²) in [6, 6.07) is 18.3. The monoisotopic (exact) mass is 680 g/mol. The molecule has 0 radical (unpaired) electrons. The van der Waals surface area contributed by atoms with Crippen molar-refractivity contribution >= 4 is 44.4 Å². The fourth-order valence-electron chi connectivity index (χ4n) is 4.38. The Kier molecular flexibility index (Phi) is 10.3. The summed E-state index contributed by atoms with van der Waals surface area (Å²) in [5.74, 6) is 0.944. The first-order valence-electron chi connectivity index (χ1n) is 14.4. The van der Waals surface area contributed by atoms with Gasteiger partial charge in [-0.3, -0.25) is 4.79 Å². The molecule has 0 spiro atoms. The van der Waals surface area contributed by atoms with E-state index in [0.717, 1.165) is 16.3 Å². The van der Waals surface area contributed by atoms with Crippen molar-refractivity contribution < 1.29 is 22.7 Å². The number of tetrazole rings is 1. The van der Waals surface area contributed by atoms with Gasteiger partial charge in [0.05, 0.1) is 16.3 Å². The maximum absolute atomic E-state index is 13.3. The van der Waals surface area contributed by atoms with Crippen LogP contribution in [-0.4, -0.2) is 45.7 Å². The zero-order valence-corrected chi connectivity index (χ0v) is 27.9. The van der Waals surface area contributed by atoms with E-state index < -0.39 is 9.84 Å². The fourth-order valence-corrected chi connectivity index (χ4v) is 6.74. The first-order valence-corrected chi connectivity index (χ1v) is 17.3. The van der Waals surface area contributed by atoms with Gasteiger partial charge in [-0.15, -0.1) is 21.5 Å².